The average molecular weight is 241 g/mol. The van der Waals surface area contributed by atoms with Crippen molar-refractivity contribution >= 4 is 0 Å². The van der Waals surface area contributed by atoms with Gasteiger partial charge >= 0.3 is 0 Å². The summed E-state index contributed by atoms with van der Waals surface area (Å²) in [6, 6.07) is 12.7. The number of nitrogens with one attached hydrogen (secondary N) is 1. The largest absolute Gasteiger partial charge is 0.271 e. The molecule has 2 aromatic rings. The third-order valence-corrected chi connectivity index (χ3v) is 3.18. The van der Waals surface area contributed by atoms with Crippen molar-refractivity contribution in [2.75, 3.05) is 0 Å². The first-order valence-electron chi connectivity index (χ1n) is 6.14. The molecule has 3 nitrogen and oxygen atoms in total. The van der Waals surface area contributed by atoms with Crippen LogP contribution < -0.4 is 11.3 Å². The lowest BCUT2D eigenvalue weighted by molar-refractivity contribution is 0.547. The number of aromatic nitrogens is 1. The number of pyridine rings is 1. The highest BCUT2D eigenvalue weighted by Crippen LogP contribution is 2.19. The van der Waals surface area contributed by atoms with Crippen LogP contribution in [0.4, 0.5) is 0 Å². The Morgan fingerprint density at radius 1 is 1.17 bits per heavy atom. The Balaban J connectivity index is 2.20. The second-order valence-corrected chi connectivity index (χ2v) is 4.59. The van der Waals surface area contributed by atoms with Crippen LogP contribution in [0.25, 0.3) is 0 Å². The molecule has 3 heteroatoms. The summed E-state index contributed by atoms with van der Waals surface area (Å²) < 4.78 is 0. The predicted octanol–water partition coefficient (Wildman–Crippen LogP) is 2.45. The quantitative estimate of drug-likeness (QED) is 0.638. The zero-order valence-electron chi connectivity index (χ0n) is 10.9. The Labute approximate surface area is 108 Å². The highest BCUT2D eigenvalue weighted by atomic mass is 15.2. The molecule has 0 aliphatic rings. The third kappa shape index (κ3) is 2.94. The molecule has 1 heterocycles. The lowest BCUT2D eigenvalue weighted by Gasteiger charge is -2.18. The number of nitrogens with zero attached hydrogens (tertiary/aromatic N) is 1. The minimum absolute atomic E-state index is 0.0985. The molecule has 1 aromatic carbocycles. The van der Waals surface area contributed by atoms with E-state index in [0.29, 0.717) is 0 Å². The lowest BCUT2D eigenvalue weighted by Crippen LogP contribution is -2.30. The van der Waals surface area contributed by atoms with E-state index < -0.39 is 0 Å². The average Bonchev–Trinajstić information content (AvgIpc) is 2.39. The maximum Gasteiger partial charge on any atom is 0.0518 e. The monoisotopic (exact) mass is 241 g/mol. The van der Waals surface area contributed by atoms with Gasteiger partial charge in [0.05, 0.1) is 6.04 Å². The molecule has 0 aliphatic heterocycles. The van der Waals surface area contributed by atoms with Crippen LogP contribution in [0, 0.1) is 13.8 Å². The van der Waals surface area contributed by atoms with Crippen LogP contribution in [0.2, 0.25) is 0 Å². The molecule has 0 saturated carbocycles. The smallest absolute Gasteiger partial charge is 0.0518 e. The molecule has 0 spiro atoms. The fraction of sp³-hybridized carbons (Fsp3) is 0.267. The number of nitrogens with two attached hydrogens (primary N) is 1. The van der Waals surface area contributed by atoms with Crippen LogP contribution in [0.15, 0.2) is 42.6 Å². The molecule has 0 aliphatic carbocycles. The molecule has 3 N–H and O–H groups in total. The minimum atomic E-state index is 0.0985. The van der Waals surface area contributed by atoms with Crippen molar-refractivity contribution in [3.8, 4) is 0 Å². The molecule has 18 heavy (non-hydrogen) atoms. The van der Waals surface area contributed by atoms with E-state index in [-0.39, 0.29) is 6.04 Å². The van der Waals surface area contributed by atoms with E-state index in [1.807, 2.05) is 13.0 Å². The Kier molecular flexibility index (Phi) is 4.07. The van der Waals surface area contributed by atoms with E-state index in [9.17, 15) is 0 Å². The zero-order chi connectivity index (χ0) is 13.0. The molecular formula is C15H19N3. The normalized spacial score (nSPS) is 12.4. The van der Waals surface area contributed by atoms with Crippen LogP contribution in [0.1, 0.15) is 28.4 Å². The number of hydrogen-bond acceptors (Lipinski definition) is 3. The van der Waals surface area contributed by atoms with Crippen molar-refractivity contribution in [3.05, 3.63) is 65.0 Å². The van der Waals surface area contributed by atoms with Crippen LogP contribution in [0.3, 0.4) is 0 Å². The predicted molar refractivity (Wildman–Crippen MR) is 73.9 cm³/mol. The Morgan fingerprint density at radius 3 is 2.50 bits per heavy atom. The van der Waals surface area contributed by atoms with Gasteiger partial charge in [-0.05, 0) is 37.5 Å². The van der Waals surface area contributed by atoms with Gasteiger partial charge in [0.2, 0.25) is 0 Å². The van der Waals surface area contributed by atoms with Gasteiger partial charge in [0.15, 0.2) is 0 Å². The standard InChI is InChI=1S/C15H19N3/c1-11-5-7-13(8-6-11)10-15(18-16)14-4-3-9-17-12(14)2/h3-9,15,18H,10,16H2,1-2H3. The molecule has 0 fully saturated rings. The maximum absolute atomic E-state index is 5.67. The minimum Gasteiger partial charge on any atom is -0.271 e. The first-order valence-corrected chi connectivity index (χ1v) is 6.14. The molecule has 1 aromatic heterocycles. The van der Waals surface area contributed by atoms with Crippen molar-refractivity contribution in [3.63, 3.8) is 0 Å². The molecule has 94 valence electrons. The summed E-state index contributed by atoms with van der Waals surface area (Å²) >= 11 is 0. The molecule has 0 saturated heterocycles. The molecule has 0 radical (unpaired) electrons. The molecular weight excluding hydrogens is 222 g/mol. The van der Waals surface area contributed by atoms with Gasteiger partial charge in [-0.1, -0.05) is 35.9 Å². The van der Waals surface area contributed by atoms with Crippen LogP contribution in [-0.2, 0) is 6.42 Å². The summed E-state index contributed by atoms with van der Waals surface area (Å²) in [6.07, 6.45) is 2.67. The molecule has 2 rings (SSSR count). The Bertz CT molecular complexity index is 505. The zero-order valence-corrected chi connectivity index (χ0v) is 10.9. The van der Waals surface area contributed by atoms with Crippen molar-refractivity contribution < 1.29 is 0 Å². The summed E-state index contributed by atoms with van der Waals surface area (Å²) in [6.45, 7) is 4.10. The van der Waals surface area contributed by atoms with Crippen molar-refractivity contribution in [2.24, 2.45) is 5.84 Å². The number of aryl methyl sites for hydroxylation is 2. The van der Waals surface area contributed by atoms with Crippen molar-refractivity contribution in [1.29, 1.82) is 0 Å². The topological polar surface area (TPSA) is 50.9 Å². The van der Waals surface area contributed by atoms with E-state index in [1.54, 1.807) is 6.20 Å². The van der Waals surface area contributed by atoms with Gasteiger partial charge in [0.25, 0.3) is 0 Å². The summed E-state index contributed by atoms with van der Waals surface area (Å²) in [7, 11) is 0. The van der Waals surface area contributed by atoms with Gasteiger partial charge in [-0.3, -0.25) is 16.3 Å². The van der Waals surface area contributed by atoms with E-state index in [2.05, 4.69) is 47.7 Å². The second-order valence-electron chi connectivity index (χ2n) is 4.59. The van der Waals surface area contributed by atoms with Gasteiger partial charge in [0.1, 0.15) is 0 Å². The Hall–Kier alpha value is -1.71. The number of hydrazine groups is 1. The van der Waals surface area contributed by atoms with Crippen LogP contribution >= 0.6 is 0 Å². The van der Waals surface area contributed by atoms with Crippen molar-refractivity contribution in [1.82, 2.24) is 10.4 Å². The van der Waals surface area contributed by atoms with E-state index in [0.717, 1.165) is 17.7 Å². The molecule has 1 atom stereocenters. The van der Waals surface area contributed by atoms with Gasteiger partial charge in [-0.25, -0.2) is 0 Å². The van der Waals surface area contributed by atoms with Gasteiger partial charge < -0.3 is 0 Å². The first-order chi connectivity index (χ1) is 8.70. The highest BCUT2D eigenvalue weighted by molar-refractivity contribution is 5.27. The number of hydrogen-bond donors (Lipinski definition) is 2. The van der Waals surface area contributed by atoms with E-state index >= 15 is 0 Å². The van der Waals surface area contributed by atoms with E-state index in [1.165, 1.54) is 11.1 Å². The summed E-state index contributed by atoms with van der Waals surface area (Å²) in [5, 5.41) is 0. The SMILES string of the molecule is Cc1ccc(CC(NN)c2cccnc2C)cc1. The maximum atomic E-state index is 5.67. The first kappa shape index (κ1) is 12.7. The van der Waals surface area contributed by atoms with Crippen LogP contribution in [-0.4, -0.2) is 4.98 Å². The second kappa shape index (κ2) is 5.76. The summed E-state index contributed by atoms with van der Waals surface area (Å²) in [5.41, 5.74) is 7.60. The number of rotatable bonds is 4. The lowest BCUT2D eigenvalue weighted by atomic mass is 9.98. The van der Waals surface area contributed by atoms with Gasteiger partial charge in [-0.2, -0.15) is 0 Å². The molecule has 1 unspecified atom stereocenters. The van der Waals surface area contributed by atoms with Gasteiger partial charge in [0, 0.05) is 11.9 Å². The Morgan fingerprint density at radius 2 is 1.89 bits per heavy atom. The van der Waals surface area contributed by atoms with Crippen LogP contribution in [0.5, 0.6) is 0 Å². The summed E-state index contributed by atoms with van der Waals surface area (Å²) in [4.78, 5) is 4.31. The van der Waals surface area contributed by atoms with Crippen molar-refractivity contribution in [2.45, 2.75) is 26.3 Å². The highest BCUT2D eigenvalue weighted by Gasteiger charge is 2.13. The summed E-state index contributed by atoms with van der Waals surface area (Å²) in [5.74, 6) is 5.67. The molecule has 0 bridgehead atoms. The third-order valence-electron chi connectivity index (χ3n) is 3.18. The fourth-order valence-corrected chi connectivity index (χ4v) is 2.08. The van der Waals surface area contributed by atoms with E-state index in [4.69, 9.17) is 5.84 Å². The van der Waals surface area contributed by atoms with Gasteiger partial charge in [-0.15, -0.1) is 0 Å². The molecule has 0 amide bonds. The fourth-order valence-electron chi connectivity index (χ4n) is 2.08. The number of benzene rings is 1.